The van der Waals surface area contributed by atoms with Crippen molar-refractivity contribution in [3.05, 3.63) is 48.2 Å². The standard InChI is InChI=1S/C15H18N4OS/c1-2-16-15(20)13-8-9-14(19-18-13)17-10-11-21-12-6-4-3-5-7-12/h3-9H,2,10-11H2,1H3,(H,16,20)(H,17,19). The van der Waals surface area contributed by atoms with Gasteiger partial charge in [-0.15, -0.1) is 22.0 Å². The lowest BCUT2D eigenvalue weighted by Gasteiger charge is -2.05. The van der Waals surface area contributed by atoms with Crippen LogP contribution in [0.2, 0.25) is 0 Å². The first-order chi connectivity index (χ1) is 10.3. The van der Waals surface area contributed by atoms with Crippen molar-refractivity contribution in [3.8, 4) is 0 Å². The lowest BCUT2D eigenvalue weighted by atomic mass is 10.3. The molecule has 2 rings (SSSR count). The van der Waals surface area contributed by atoms with Crippen LogP contribution in [-0.2, 0) is 0 Å². The van der Waals surface area contributed by atoms with Gasteiger partial charge >= 0.3 is 0 Å². The maximum Gasteiger partial charge on any atom is 0.271 e. The molecule has 0 fully saturated rings. The summed E-state index contributed by atoms with van der Waals surface area (Å²) in [7, 11) is 0. The molecule has 2 N–H and O–H groups in total. The van der Waals surface area contributed by atoms with Gasteiger partial charge in [0, 0.05) is 23.7 Å². The Labute approximate surface area is 128 Å². The van der Waals surface area contributed by atoms with Crippen LogP contribution >= 0.6 is 11.8 Å². The van der Waals surface area contributed by atoms with E-state index >= 15 is 0 Å². The highest BCUT2D eigenvalue weighted by Crippen LogP contribution is 2.16. The number of amides is 1. The Balaban J connectivity index is 1.75. The van der Waals surface area contributed by atoms with Crippen LogP contribution in [0.25, 0.3) is 0 Å². The number of aromatic nitrogens is 2. The van der Waals surface area contributed by atoms with Crippen molar-refractivity contribution in [1.29, 1.82) is 0 Å². The molecule has 2 aromatic rings. The first-order valence-electron chi connectivity index (χ1n) is 6.83. The van der Waals surface area contributed by atoms with E-state index in [2.05, 4.69) is 33.0 Å². The van der Waals surface area contributed by atoms with Crippen LogP contribution in [0.3, 0.4) is 0 Å². The van der Waals surface area contributed by atoms with E-state index in [0.717, 1.165) is 12.3 Å². The summed E-state index contributed by atoms with van der Waals surface area (Å²) < 4.78 is 0. The van der Waals surface area contributed by atoms with Crippen LogP contribution < -0.4 is 10.6 Å². The second-order valence-corrected chi connectivity index (χ2v) is 5.42. The molecule has 0 bridgehead atoms. The molecule has 0 aliphatic rings. The Kier molecular flexibility index (Phi) is 6.02. The van der Waals surface area contributed by atoms with Gasteiger partial charge in [0.1, 0.15) is 5.82 Å². The highest BCUT2D eigenvalue weighted by Gasteiger charge is 2.06. The maximum atomic E-state index is 11.5. The van der Waals surface area contributed by atoms with Gasteiger partial charge in [0.25, 0.3) is 5.91 Å². The number of nitrogens with one attached hydrogen (secondary N) is 2. The third kappa shape index (κ3) is 5.07. The molecule has 6 heteroatoms. The number of nitrogens with zero attached hydrogens (tertiary/aromatic N) is 2. The van der Waals surface area contributed by atoms with E-state index in [9.17, 15) is 4.79 Å². The molecule has 110 valence electrons. The normalized spacial score (nSPS) is 10.1. The Morgan fingerprint density at radius 1 is 1.14 bits per heavy atom. The molecule has 1 amide bonds. The largest absolute Gasteiger partial charge is 0.368 e. The molecular formula is C15H18N4OS. The first kappa shape index (κ1) is 15.3. The van der Waals surface area contributed by atoms with E-state index in [-0.39, 0.29) is 5.91 Å². The topological polar surface area (TPSA) is 66.9 Å². The first-order valence-corrected chi connectivity index (χ1v) is 7.82. The van der Waals surface area contributed by atoms with E-state index in [1.54, 1.807) is 23.9 Å². The van der Waals surface area contributed by atoms with Gasteiger partial charge < -0.3 is 10.6 Å². The van der Waals surface area contributed by atoms with Crippen molar-refractivity contribution in [2.24, 2.45) is 0 Å². The molecule has 0 saturated carbocycles. The average molecular weight is 302 g/mol. The predicted octanol–water partition coefficient (Wildman–Crippen LogP) is 2.43. The summed E-state index contributed by atoms with van der Waals surface area (Å²) in [6, 6.07) is 13.7. The molecule has 1 aromatic heterocycles. The van der Waals surface area contributed by atoms with Gasteiger partial charge in [0.2, 0.25) is 0 Å². The third-order valence-corrected chi connectivity index (χ3v) is 3.67. The molecule has 21 heavy (non-hydrogen) atoms. The second-order valence-electron chi connectivity index (χ2n) is 4.25. The van der Waals surface area contributed by atoms with Crippen molar-refractivity contribution in [2.75, 3.05) is 24.2 Å². The Hall–Kier alpha value is -2.08. The SMILES string of the molecule is CCNC(=O)c1ccc(NCCSc2ccccc2)nn1. The lowest BCUT2D eigenvalue weighted by Crippen LogP contribution is -2.24. The lowest BCUT2D eigenvalue weighted by molar-refractivity contribution is 0.0950. The Bertz CT molecular complexity index is 560. The number of carbonyl (C=O) groups excluding carboxylic acids is 1. The zero-order valence-corrected chi connectivity index (χ0v) is 12.7. The number of anilines is 1. The molecule has 0 aliphatic heterocycles. The number of hydrogen-bond acceptors (Lipinski definition) is 5. The van der Waals surface area contributed by atoms with Crippen LogP contribution in [0.1, 0.15) is 17.4 Å². The van der Waals surface area contributed by atoms with Gasteiger partial charge in [-0.25, -0.2) is 0 Å². The van der Waals surface area contributed by atoms with Gasteiger partial charge in [-0.2, -0.15) is 0 Å². The average Bonchev–Trinajstić information content (AvgIpc) is 2.53. The molecule has 0 spiro atoms. The van der Waals surface area contributed by atoms with Gasteiger partial charge in [-0.1, -0.05) is 18.2 Å². The predicted molar refractivity (Wildman–Crippen MR) is 85.7 cm³/mol. The van der Waals surface area contributed by atoms with Crippen LogP contribution in [0.5, 0.6) is 0 Å². The van der Waals surface area contributed by atoms with E-state index in [4.69, 9.17) is 0 Å². The van der Waals surface area contributed by atoms with Crippen LogP contribution in [-0.4, -0.2) is 34.9 Å². The molecule has 0 saturated heterocycles. The molecule has 1 aromatic carbocycles. The van der Waals surface area contributed by atoms with Gasteiger partial charge in [-0.3, -0.25) is 4.79 Å². The van der Waals surface area contributed by atoms with E-state index in [1.165, 1.54) is 4.90 Å². The van der Waals surface area contributed by atoms with Crippen LogP contribution in [0.15, 0.2) is 47.4 Å². The van der Waals surface area contributed by atoms with Gasteiger partial charge in [0.05, 0.1) is 0 Å². The van der Waals surface area contributed by atoms with Crippen molar-refractivity contribution >= 4 is 23.5 Å². The van der Waals surface area contributed by atoms with Crippen molar-refractivity contribution in [3.63, 3.8) is 0 Å². The number of rotatable bonds is 7. The molecule has 0 unspecified atom stereocenters. The summed E-state index contributed by atoms with van der Waals surface area (Å²) in [6.07, 6.45) is 0. The molecular weight excluding hydrogens is 284 g/mol. The van der Waals surface area contributed by atoms with E-state index < -0.39 is 0 Å². The smallest absolute Gasteiger partial charge is 0.271 e. The zero-order chi connectivity index (χ0) is 14.9. The number of carbonyl (C=O) groups is 1. The number of benzene rings is 1. The minimum atomic E-state index is -0.198. The van der Waals surface area contributed by atoms with Crippen molar-refractivity contribution < 1.29 is 4.79 Å². The molecule has 1 heterocycles. The quantitative estimate of drug-likeness (QED) is 0.607. The zero-order valence-electron chi connectivity index (χ0n) is 11.9. The summed E-state index contributed by atoms with van der Waals surface area (Å²) in [4.78, 5) is 12.8. The molecule has 0 aliphatic carbocycles. The number of hydrogen-bond donors (Lipinski definition) is 2. The van der Waals surface area contributed by atoms with Crippen LogP contribution in [0.4, 0.5) is 5.82 Å². The van der Waals surface area contributed by atoms with Gasteiger partial charge in [0.15, 0.2) is 5.69 Å². The third-order valence-electron chi connectivity index (χ3n) is 2.65. The molecule has 0 radical (unpaired) electrons. The molecule has 0 atom stereocenters. The second kappa shape index (κ2) is 8.26. The minimum absolute atomic E-state index is 0.198. The molecule has 5 nitrogen and oxygen atoms in total. The highest BCUT2D eigenvalue weighted by atomic mass is 32.2. The summed E-state index contributed by atoms with van der Waals surface area (Å²) in [5, 5.41) is 13.8. The van der Waals surface area contributed by atoms with Crippen molar-refractivity contribution in [1.82, 2.24) is 15.5 Å². The fourth-order valence-electron chi connectivity index (χ4n) is 1.66. The van der Waals surface area contributed by atoms with E-state index in [1.807, 2.05) is 25.1 Å². The van der Waals surface area contributed by atoms with E-state index in [0.29, 0.717) is 18.1 Å². The summed E-state index contributed by atoms with van der Waals surface area (Å²) >= 11 is 1.78. The summed E-state index contributed by atoms with van der Waals surface area (Å²) in [5.74, 6) is 1.41. The van der Waals surface area contributed by atoms with Crippen molar-refractivity contribution in [2.45, 2.75) is 11.8 Å². The van der Waals surface area contributed by atoms with Gasteiger partial charge in [-0.05, 0) is 31.2 Å². The summed E-state index contributed by atoms with van der Waals surface area (Å²) in [5.41, 5.74) is 0.334. The Morgan fingerprint density at radius 3 is 2.62 bits per heavy atom. The fourth-order valence-corrected chi connectivity index (χ4v) is 2.45. The Morgan fingerprint density at radius 2 is 1.95 bits per heavy atom. The van der Waals surface area contributed by atoms with Crippen LogP contribution in [0, 0.1) is 0 Å². The maximum absolute atomic E-state index is 11.5. The minimum Gasteiger partial charge on any atom is -0.368 e. The fraction of sp³-hybridized carbons (Fsp3) is 0.267. The number of thioether (sulfide) groups is 1. The summed E-state index contributed by atoms with van der Waals surface area (Å²) in [6.45, 7) is 3.23. The highest BCUT2D eigenvalue weighted by molar-refractivity contribution is 7.99. The monoisotopic (exact) mass is 302 g/mol.